The van der Waals surface area contributed by atoms with Gasteiger partial charge in [0.15, 0.2) is 0 Å². The molecule has 18 heavy (non-hydrogen) atoms. The maximum Gasteiger partial charge on any atom is 0.123 e. The smallest absolute Gasteiger partial charge is 0.123 e. The summed E-state index contributed by atoms with van der Waals surface area (Å²) in [5.74, 6) is -0.161. The Labute approximate surface area is 107 Å². The maximum absolute atomic E-state index is 13.5. The molecular weight excluding hydrogens is 225 g/mol. The van der Waals surface area contributed by atoms with Crippen molar-refractivity contribution in [1.82, 2.24) is 5.32 Å². The van der Waals surface area contributed by atoms with E-state index < -0.39 is 0 Å². The van der Waals surface area contributed by atoms with Crippen LogP contribution in [0.3, 0.4) is 0 Å². The fraction of sp³-hybridized carbons (Fsp3) is 0.250. The molecule has 0 saturated carbocycles. The van der Waals surface area contributed by atoms with Crippen LogP contribution in [0.2, 0.25) is 0 Å². The number of halogens is 1. The van der Waals surface area contributed by atoms with Gasteiger partial charge in [-0.05, 0) is 42.2 Å². The lowest BCUT2D eigenvalue weighted by Gasteiger charge is -2.32. The van der Waals surface area contributed by atoms with Gasteiger partial charge in [0, 0.05) is 6.04 Å². The van der Waals surface area contributed by atoms with E-state index in [4.69, 9.17) is 0 Å². The summed E-state index contributed by atoms with van der Waals surface area (Å²) in [6.07, 6.45) is 0.957. The predicted octanol–water partition coefficient (Wildman–Crippen LogP) is 3.45. The summed E-state index contributed by atoms with van der Waals surface area (Å²) >= 11 is 0. The van der Waals surface area contributed by atoms with Gasteiger partial charge in [-0.1, -0.05) is 36.4 Å². The Hall–Kier alpha value is -1.67. The van der Waals surface area contributed by atoms with Crippen molar-refractivity contribution in [2.75, 3.05) is 0 Å². The summed E-state index contributed by atoms with van der Waals surface area (Å²) < 4.78 is 13.5. The second kappa shape index (κ2) is 4.54. The van der Waals surface area contributed by atoms with E-state index in [2.05, 4.69) is 24.4 Å². The largest absolute Gasteiger partial charge is 0.303 e. The third kappa shape index (κ3) is 2.04. The highest BCUT2D eigenvalue weighted by molar-refractivity contribution is 5.40. The van der Waals surface area contributed by atoms with Crippen LogP contribution in [-0.4, -0.2) is 6.04 Å². The summed E-state index contributed by atoms with van der Waals surface area (Å²) in [6.45, 7) is 2.17. The van der Waals surface area contributed by atoms with Crippen LogP contribution in [0.15, 0.2) is 48.5 Å². The fourth-order valence-electron chi connectivity index (χ4n) is 2.70. The zero-order valence-corrected chi connectivity index (χ0v) is 10.4. The second-order valence-electron chi connectivity index (χ2n) is 4.96. The molecule has 2 aromatic carbocycles. The van der Waals surface area contributed by atoms with E-state index in [1.807, 2.05) is 24.3 Å². The zero-order valence-electron chi connectivity index (χ0n) is 10.4. The van der Waals surface area contributed by atoms with Crippen LogP contribution in [0.25, 0.3) is 0 Å². The molecule has 1 heterocycles. The Balaban J connectivity index is 2.09. The lowest BCUT2D eigenvalue weighted by atomic mass is 9.87. The minimum absolute atomic E-state index is 0.0978. The standard InChI is InChI=1S/C16H16FN/c1-11-9-13-7-8-14(17)10-15(13)16(18-11)12-5-3-2-4-6-12/h2-8,10-11,16,18H,9H2,1H3. The molecule has 1 aliphatic heterocycles. The van der Waals surface area contributed by atoms with Crippen LogP contribution in [0.5, 0.6) is 0 Å². The van der Waals surface area contributed by atoms with Gasteiger partial charge in [-0.15, -0.1) is 0 Å². The van der Waals surface area contributed by atoms with Gasteiger partial charge in [0.1, 0.15) is 5.82 Å². The lowest BCUT2D eigenvalue weighted by molar-refractivity contribution is 0.461. The molecule has 2 atom stereocenters. The first kappa shape index (κ1) is 11.4. The molecule has 1 N–H and O–H groups in total. The number of rotatable bonds is 1. The first-order valence-corrected chi connectivity index (χ1v) is 6.33. The Morgan fingerprint density at radius 2 is 1.89 bits per heavy atom. The van der Waals surface area contributed by atoms with Gasteiger partial charge < -0.3 is 5.32 Å². The average molecular weight is 241 g/mol. The van der Waals surface area contributed by atoms with Crippen molar-refractivity contribution in [3.8, 4) is 0 Å². The van der Waals surface area contributed by atoms with Crippen LogP contribution in [-0.2, 0) is 6.42 Å². The van der Waals surface area contributed by atoms with Crippen LogP contribution in [0, 0.1) is 5.82 Å². The predicted molar refractivity (Wildman–Crippen MR) is 71.0 cm³/mol. The Morgan fingerprint density at radius 1 is 1.11 bits per heavy atom. The van der Waals surface area contributed by atoms with Gasteiger partial charge in [-0.2, -0.15) is 0 Å². The van der Waals surface area contributed by atoms with E-state index in [0.717, 1.165) is 12.0 Å². The van der Waals surface area contributed by atoms with Crippen LogP contribution < -0.4 is 5.32 Å². The SMILES string of the molecule is CC1Cc2ccc(F)cc2C(c2ccccc2)N1. The van der Waals surface area contributed by atoms with Crippen molar-refractivity contribution in [2.24, 2.45) is 0 Å². The van der Waals surface area contributed by atoms with Crippen LogP contribution in [0.1, 0.15) is 29.7 Å². The summed E-state index contributed by atoms with van der Waals surface area (Å²) in [5, 5.41) is 3.55. The molecule has 92 valence electrons. The summed E-state index contributed by atoms with van der Waals surface area (Å²) in [5.41, 5.74) is 3.51. The number of benzene rings is 2. The maximum atomic E-state index is 13.5. The molecule has 0 fully saturated rings. The van der Waals surface area contributed by atoms with E-state index >= 15 is 0 Å². The van der Waals surface area contributed by atoms with Gasteiger partial charge in [-0.25, -0.2) is 4.39 Å². The van der Waals surface area contributed by atoms with Crippen LogP contribution in [0.4, 0.5) is 4.39 Å². The van der Waals surface area contributed by atoms with Gasteiger partial charge in [0.2, 0.25) is 0 Å². The highest BCUT2D eigenvalue weighted by Crippen LogP contribution is 2.30. The lowest BCUT2D eigenvalue weighted by Crippen LogP contribution is -2.37. The van der Waals surface area contributed by atoms with E-state index in [0.29, 0.717) is 6.04 Å². The number of hydrogen-bond acceptors (Lipinski definition) is 1. The molecule has 2 heteroatoms. The van der Waals surface area contributed by atoms with Gasteiger partial charge in [-0.3, -0.25) is 0 Å². The Kier molecular flexibility index (Phi) is 2.88. The molecule has 0 aliphatic carbocycles. The van der Waals surface area contributed by atoms with Gasteiger partial charge in [0.25, 0.3) is 0 Å². The molecule has 2 aromatic rings. The number of hydrogen-bond donors (Lipinski definition) is 1. The number of fused-ring (bicyclic) bond motifs is 1. The van der Waals surface area contributed by atoms with E-state index in [-0.39, 0.29) is 11.9 Å². The molecule has 3 rings (SSSR count). The molecule has 0 radical (unpaired) electrons. The fourth-order valence-corrected chi connectivity index (χ4v) is 2.70. The first-order chi connectivity index (χ1) is 8.74. The monoisotopic (exact) mass is 241 g/mol. The van der Waals surface area contributed by atoms with Crippen molar-refractivity contribution in [3.05, 3.63) is 71.0 Å². The van der Waals surface area contributed by atoms with E-state index in [9.17, 15) is 4.39 Å². The van der Waals surface area contributed by atoms with Crippen molar-refractivity contribution in [1.29, 1.82) is 0 Å². The molecule has 1 nitrogen and oxygen atoms in total. The molecule has 0 bridgehead atoms. The Morgan fingerprint density at radius 3 is 2.67 bits per heavy atom. The topological polar surface area (TPSA) is 12.0 Å². The minimum atomic E-state index is -0.161. The number of nitrogens with one attached hydrogen (secondary N) is 1. The van der Waals surface area contributed by atoms with E-state index in [1.165, 1.54) is 11.1 Å². The first-order valence-electron chi connectivity index (χ1n) is 6.33. The molecule has 0 saturated heterocycles. The highest BCUT2D eigenvalue weighted by atomic mass is 19.1. The molecule has 2 unspecified atom stereocenters. The molecule has 0 spiro atoms. The zero-order chi connectivity index (χ0) is 12.5. The van der Waals surface area contributed by atoms with Crippen LogP contribution >= 0.6 is 0 Å². The summed E-state index contributed by atoms with van der Waals surface area (Å²) in [4.78, 5) is 0. The van der Waals surface area contributed by atoms with Crippen molar-refractivity contribution < 1.29 is 4.39 Å². The normalized spacial score (nSPS) is 22.6. The third-order valence-corrected chi connectivity index (χ3v) is 3.53. The van der Waals surface area contributed by atoms with Crippen molar-refractivity contribution >= 4 is 0 Å². The summed E-state index contributed by atoms with van der Waals surface area (Å²) in [6, 6.07) is 15.9. The Bertz CT molecular complexity index is 550. The van der Waals surface area contributed by atoms with Crippen molar-refractivity contribution in [2.45, 2.75) is 25.4 Å². The van der Waals surface area contributed by atoms with E-state index in [1.54, 1.807) is 12.1 Å². The minimum Gasteiger partial charge on any atom is -0.303 e. The summed E-state index contributed by atoms with van der Waals surface area (Å²) in [7, 11) is 0. The average Bonchev–Trinajstić information content (AvgIpc) is 2.39. The van der Waals surface area contributed by atoms with Crippen molar-refractivity contribution in [3.63, 3.8) is 0 Å². The highest BCUT2D eigenvalue weighted by Gasteiger charge is 2.25. The quantitative estimate of drug-likeness (QED) is 0.806. The third-order valence-electron chi connectivity index (χ3n) is 3.53. The molecule has 0 amide bonds. The van der Waals surface area contributed by atoms with Gasteiger partial charge >= 0.3 is 0 Å². The molecule has 0 aromatic heterocycles. The molecule has 1 aliphatic rings. The molecular formula is C16H16FN. The van der Waals surface area contributed by atoms with Gasteiger partial charge in [0.05, 0.1) is 6.04 Å². The second-order valence-corrected chi connectivity index (χ2v) is 4.96.